The molecule has 1 rings (SSSR count). The van der Waals surface area contributed by atoms with Gasteiger partial charge in [0, 0.05) is 5.56 Å². The third-order valence-corrected chi connectivity index (χ3v) is 1.49. The van der Waals surface area contributed by atoms with E-state index in [-0.39, 0.29) is 5.82 Å². The number of hydrogen-bond acceptors (Lipinski definition) is 1. The van der Waals surface area contributed by atoms with Crippen LogP contribution in [0.1, 0.15) is 11.1 Å². The molecule has 2 heteroatoms. The summed E-state index contributed by atoms with van der Waals surface area (Å²) in [6, 6.07) is 6.35. The fourth-order valence-electron chi connectivity index (χ4n) is 0.917. The second kappa shape index (κ2) is 3.16. The molecule has 0 aliphatic heterocycles. The van der Waals surface area contributed by atoms with Gasteiger partial charge in [0.05, 0.1) is 11.6 Å². The van der Waals surface area contributed by atoms with Gasteiger partial charge in [-0.3, -0.25) is 0 Å². The van der Waals surface area contributed by atoms with E-state index < -0.39 is 0 Å². The standard InChI is InChI=1S/C9H7FN/c1-2-8-7(6-11)4-3-5-9(8)10/h3-5H,1-2H2. The van der Waals surface area contributed by atoms with E-state index in [1.807, 2.05) is 6.07 Å². The van der Waals surface area contributed by atoms with Gasteiger partial charge in [0.2, 0.25) is 0 Å². The highest BCUT2D eigenvalue weighted by Crippen LogP contribution is 2.12. The van der Waals surface area contributed by atoms with Crippen LogP contribution in [0.25, 0.3) is 0 Å². The summed E-state index contributed by atoms with van der Waals surface area (Å²) < 4.78 is 12.8. The first kappa shape index (κ1) is 7.74. The molecule has 0 aromatic heterocycles. The summed E-state index contributed by atoms with van der Waals surface area (Å²) in [6.07, 6.45) is 0.315. The van der Waals surface area contributed by atoms with Crippen molar-refractivity contribution in [2.75, 3.05) is 0 Å². The third-order valence-electron chi connectivity index (χ3n) is 1.49. The van der Waals surface area contributed by atoms with E-state index in [1.165, 1.54) is 12.1 Å². The molecule has 0 aliphatic carbocycles. The molecule has 1 aromatic rings. The first-order chi connectivity index (χ1) is 5.29. The Hall–Kier alpha value is -1.36. The number of nitrogens with zero attached hydrogens (tertiary/aromatic N) is 1. The zero-order valence-corrected chi connectivity index (χ0v) is 5.97. The molecule has 0 heterocycles. The maximum atomic E-state index is 12.8. The van der Waals surface area contributed by atoms with E-state index in [0.717, 1.165) is 0 Å². The molecule has 0 atom stereocenters. The molecule has 0 N–H and O–H groups in total. The summed E-state index contributed by atoms with van der Waals surface area (Å²) in [5.41, 5.74) is 0.773. The molecule has 11 heavy (non-hydrogen) atoms. The second-order valence-corrected chi connectivity index (χ2v) is 2.13. The Bertz CT molecular complexity index is 299. The molecule has 0 amide bonds. The van der Waals surface area contributed by atoms with Crippen molar-refractivity contribution in [1.82, 2.24) is 0 Å². The summed E-state index contributed by atoms with van der Waals surface area (Å²) in [5, 5.41) is 8.53. The van der Waals surface area contributed by atoms with Gasteiger partial charge in [0.15, 0.2) is 0 Å². The summed E-state index contributed by atoms with van der Waals surface area (Å²) in [6.45, 7) is 3.53. The van der Waals surface area contributed by atoms with Crippen LogP contribution in [0.4, 0.5) is 4.39 Å². The molecule has 1 nitrogen and oxygen atoms in total. The number of nitriles is 1. The van der Waals surface area contributed by atoms with E-state index in [4.69, 9.17) is 5.26 Å². The molecular formula is C9H7FN. The van der Waals surface area contributed by atoms with Crippen molar-refractivity contribution in [1.29, 1.82) is 5.26 Å². The lowest BCUT2D eigenvalue weighted by Gasteiger charge is -1.99. The molecule has 0 saturated carbocycles. The van der Waals surface area contributed by atoms with Crippen molar-refractivity contribution in [3.63, 3.8) is 0 Å². The highest BCUT2D eigenvalue weighted by molar-refractivity contribution is 5.38. The Balaban J connectivity index is 3.27. The van der Waals surface area contributed by atoms with Gasteiger partial charge in [-0.1, -0.05) is 6.07 Å². The molecule has 55 valence electrons. The zero-order valence-electron chi connectivity index (χ0n) is 5.97. The Morgan fingerprint density at radius 1 is 1.55 bits per heavy atom. The molecule has 1 radical (unpaired) electrons. The van der Waals surface area contributed by atoms with Crippen molar-refractivity contribution >= 4 is 0 Å². The average Bonchev–Trinajstić information content (AvgIpc) is 2.04. The van der Waals surface area contributed by atoms with Crippen LogP contribution in [0.3, 0.4) is 0 Å². The second-order valence-electron chi connectivity index (χ2n) is 2.13. The van der Waals surface area contributed by atoms with Crippen LogP contribution in [0, 0.1) is 24.1 Å². The van der Waals surface area contributed by atoms with Crippen LogP contribution in [-0.4, -0.2) is 0 Å². The predicted molar refractivity (Wildman–Crippen MR) is 40.2 cm³/mol. The monoisotopic (exact) mass is 148 g/mol. The highest BCUT2D eigenvalue weighted by Gasteiger charge is 2.03. The van der Waals surface area contributed by atoms with E-state index in [9.17, 15) is 4.39 Å². The van der Waals surface area contributed by atoms with Crippen molar-refractivity contribution in [2.24, 2.45) is 0 Å². The molecular weight excluding hydrogens is 141 g/mol. The SMILES string of the molecule is [CH2]Cc1c(F)cccc1C#N. The van der Waals surface area contributed by atoms with Gasteiger partial charge >= 0.3 is 0 Å². The van der Waals surface area contributed by atoms with Crippen LogP contribution < -0.4 is 0 Å². The minimum absolute atomic E-state index is 0.315. The van der Waals surface area contributed by atoms with E-state index in [0.29, 0.717) is 17.5 Å². The number of rotatable bonds is 1. The summed E-state index contributed by atoms with van der Waals surface area (Å²) in [7, 11) is 0. The molecule has 0 aliphatic rings. The van der Waals surface area contributed by atoms with Crippen LogP contribution >= 0.6 is 0 Å². The highest BCUT2D eigenvalue weighted by atomic mass is 19.1. The summed E-state index contributed by atoms with van der Waals surface area (Å²) >= 11 is 0. The first-order valence-corrected chi connectivity index (χ1v) is 3.26. The molecule has 0 spiro atoms. The van der Waals surface area contributed by atoms with Gasteiger partial charge < -0.3 is 0 Å². The van der Waals surface area contributed by atoms with Crippen molar-refractivity contribution < 1.29 is 4.39 Å². The lowest BCUT2D eigenvalue weighted by atomic mass is 10.1. The lowest BCUT2D eigenvalue weighted by molar-refractivity contribution is 0.614. The maximum Gasteiger partial charge on any atom is 0.127 e. The van der Waals surface area contributed by atoms with Crippen LogP contribution in [0.5, 0.6) is 0 Å². The van der Waals surface area contributed by atoms with E-state index in [2.05, 4.69) is 6.92 Å². The average molecular weight is 148 g/mol. The van der Waals surface area contributed by atoms with Gasteiger partial charge in [0.25, 0.3) is 0 Å². The minimum Gasteiger partial charge on any atom is -0.207 e. The number of benzene rings is 1. The fourth-order valence-corrected chi connectivity index (χ4v) is 0.917. The van der Waals surface area contributed by atoms with Crippen molar-refractivity contribution in [3.8, 4) is 6.07 Å². The smallest absolute Gasteiger partial charge is 0.127 e. The van der Waals surface area contributed by atoms with Gasteiger partial charge in [0.1, 0.15) is 5.82 Å². The summed E-state index contributed by atoms with van der Waals surface area (Å²) in [5.74, 6) is -0.348. The van der Waals surface area contributed by atoms with Crippen molar-refractivity contribution in [2.45, 2.75) is 6.42 Å². The third kappa shape index (κ3) is 1.38. The van der Waals surface area contributed by atoms with Gasteiger partial charge in [-0.05, 0) is 25.5 Å². The largest absolute Gasteiger partial charge is 0.207 e. The van der Waals surface area contributed by atoms with Crippen LogP contribution in [0.15, 0.2) is 18.2 Å². The molecule has 0 unspecified atom stereocenters. The summed E-state index contributed by atoms with van der Waals surface area (Å²) in [4.78, 5) is 0. The van der Waals surface area contributed by atoms with Crippen molar-refractivity contribution in [3.05, 3.63) is 42.1 Å². The normalized spacial score (nSPS) is 9.18. The van der Waals surface area contributed by atoms with Gasteiger partial charge in [-0.25, -0.2) is 4.39 Å². The lowest BCUT2D eigenvalue weighted by Crippen LogP contribution is -1.91. The fraction of sp³-hybridized carbons (Fsp3) is 0.111. The van der Waals surface area contributed by atoms with Crippen LogP contribution in [0.2, 0.25) is 0 Å². The predicted octanol–water partition coefficient (Wildman–Crippen LogP) is 2.07. The molecule has 0 fully saturated rings. The van der Waals surface area contributed by atoms with Gasteiger partial charge in [-0.2, -0.15) is 5.26 Å². The topological polar surface area (TPSA) is 23.8 Å². The molecule has 1 aromatic carbocycles. The number of hydrogen-bond donors (Lipinski definition) is 0. The Kier molecular flexibility index (Phi) is 2.22. The minimum atomic E-state index is -0.348. The quantitative estimate of drug-likeness (QED) is 0.598. The van der Waals surface area contributed by atoms with E-state index in [1.54, 1.807) is 6.07 Å². The van der Waals surface area contributed by atoms with Crippen LogP contribution in [-0.2, 0) is 6.42 Å². The first-order valence-electron chi connectivity index (χ1n) is 3.26. The zero-order chi connectivity index (χ0) is 8.27. The Morgan fingerprint density at radius 3 is 2.73 bits per heavy atom. The van der Waals surface area contributed by atoms with E-state index >= 15 is 0 Å². The molecule has 0 saturated heterocycles. The maximum absolute atomic E-state index is 12.8. The Morgan fingerprint density at radius 2 is 2.27 bits per heavy atom. The van der Waals surface area contributed by atoms with Gasteiger partial charge in [-0.15, -0.1) is 0 Å². The molecule has 0 bridgehead atoms. The number of halogens is 1. The Labute approximate surface area is 65.1 Å².